The number of rotatable bonds is 8. The third-order valence-corrected chi connectivity index (χ3v) is 12.0. The normalized spacial score (nSPS) is 43.6. The van der Waals surface area contributed by atoms with Gasteiger partial charge in [-0.25, -0.2) is 0 Å². The molecule has 0 N–H and O–H groups in total. The molecule has 0 spiro atoms. The molecule has 8 heteroatoms. The van der Waals surface area contributed by atoms with Crippen LogP contribution in [0.25, 0.3) is 0 Å². The lowest BCUT2D eigenvalue weighted by molar-refractivity contribution is -0.159. The van der Waals surface area contributed by atoms with Crippen LogP contribution < -0.4 is 0 Å². The van der Waals surface area contributed by atoms with Gasteiger partial charge in [0.25, 0.3) is 20.2 Å². The third kappa shape index (κ3) is 5.12. The van der Waals surface area contributed by atoms with Crippen LogP contribution in [-0.4, -0.2) is 42.1 Å². The lowest BCUT2D eigenvalue weighted by atomic mass is 9.44. The molecular formula is C26H46O6S2. The van der Waals surface area contributed by atoms with Crippen LogP contribution in [0.1, 0.15) is 91.4 Å². The first kappa shape index (κ1) is 26.9. The predicted molar refractivity (Wildman–Crippen MR) is 134 cm³/mol. The predicted octanol–water partition coefficient (Wildman–Crippen LogP) is 5.38. The minimum atomic E-state index is -3.56. The molecule has 0 unspecified atom stereocenters. The second kappa shape index (κ2) is 9.60. The fourth-order valence-corrected chi connectivity index (χ4v) is 10.5. The highest BCUT2D eigenvalue weighted by molar-refractivity contribution is 7.86. The summed E-state index contributed by atoms with van der Waals surface area (Å²) >= 11 is 0. The molecular weight excluding hydrogens is 472 g/mol. The molecule has 0 bridgehead atoms. The Bertz CT molecular complexity index is 946. The molecule has 4 aliphatic carbocycles. The van der Waals surface area contributed by atoms with E-state index < -0.39 is 20.2 Å². The van der Waals surface area contributed by atoms with Crippen molar-refractivity contribution in [2.75, 3.05) is 19.1 Å². The highest BCUT2D eigenvalue weighted by atomic mass is 32.2. The molecule has 0 aromatic heterocycles. The maximum atomic E-state index is 12.4. The summed E-state index contributed by atoms with van der Waals surface area (Å²) in [4.78, 5) is 0. The van der Waals surface area contributed by atoms with Crippen LogP contribution >= 0.6 is 0 Å². The van der Waals surface area contributed by atoms with Gasteiger partial charge in [-0.3, -0.25) is 8.37 Å². The summed E-state index contributed by atoms with van der Waals surface area (Å²) in [6, 6.07) is 0. The van der Waals surface area contributed by atoms with Gasteiger partial charge in [0.2, 0.25) is 0 Å². The zero-order valence-corrected chi connectivity index (χ0v) is 23.4. The summed E-state index contributed by atoms with van der Waals surface area (Å²) < 4.78 is 58.4. The summed E-state index contributed by atoms with van der Waals surface area (Å²) in [6.45, 7) is 7.29. The molecule has 6 nitrogen and oxygen atoms in total. The minimum absolute atomic E-state index is 0.167. The van der Waals surface area contributed by atoms with Gasteiger partial charge in [0, 0.05) is 5.41 Å². The van der Waals surface area contributed by atoms with Crippen LogP contribution in [0, 0.1) is 46.3 Å². The van der Waals surface area contributed by atoms with Crippen molar-refractivity contribution in [2.24, 2.45) is 46.3 Å². The van der Waals surface area contributed by atoms with Crippen molar-refractivity contribution in [3.63, 3.8) is 0 Å². The Hall–Kier alpha value is -0.180. The molecule has 0 aromatic rings. The minimum Gasteiger partial charge on any atom is -0.270 e. The summed E-state index contributed by atoms with van der Waals surface area (Å²) in [7, 11) is -6.98. The molecule has 9 atom stereocenters. The van der Waals surface area contributed by atoms with Crippen molar-refractivity contribution >= 4 is 20.2 Å². The van der Waals surface area contributed by atoms with Crippen molar-refractivity contribution in [1.82, 2.24) is 0 Å². The molecule has 4 aliphatic rings. The maximum Gasteiger partial charge on any atom is 0.264 e. The zero-order valence-electron chi connectivity index (χ0n) is 21.8. The van der Waals surface area contributed by atoms with Crippen LogP contribution in [0.3, 0.4) is 0 Å². The van der Waals surface area contributed by atoms with Crippen LogP contribution in [0.2, 0.25) is 0 Å². The van der Waals surface area contributed by atoms with Crippen LogP contribution in [0.4, 0.5) is 0 Å². The number of fused-ring (bicyclic) bond motifs is 5. The second-order valence-electron chi connectivity index (χ2n) is 12.6. The van der Waals surface area contributed by atoms with Gasteiger partial charge >= 0.3 is 0 Å². The average molecular weight is 519 g/mol. The Kier molecular flexibility index (Phi) is 7.59. The van der Waals surface area contributed by atoms with Gasteiger partial charge in [-0.15, -0.1) is 0 Å². The lowest BCUT2D eigenvalue weighted by Crippen LogP contribution is -2.59. The Morgan fingerprint density at radius 3 is 2.32 bits per heavy atom. The van der Waals surface area contributed by atoms with Crippen LogP contribution in [0.15, 0.2) is 0 Å². The Labute approximate surface area is 208 Å². The van der Waals surface area contributed by atoms with E-state index in [0.29, 0.717) is 41.4 Å². The van der Waals surface area contributed by atoms with Gasteiger partial charge in [-0.2, -0.15) is 16.8 Å². The van der Waals surface area contributed by atoms with Crippen molar-refractivity contribution in [1.29, 1.82) is 0 Å². The van der Waals surface area contributed by atoms with E-state index in [-0.39, 0.29) is 18.1 Å². The molecule has 0 aliphatic heterocycles. The summed E-state index contributed by atoms with van der Waals surface area (Å²) in [6.07, 6.45) is 14.5. The van der Waals surface area contributed by atoms with E-state index in [0.717, 1.165) is 37.9 Å². The molecule has 0 heterocycles. The highest BCUT2D eigenvalue weighted by Crippen LogP contribution is 2.69. The second-order valence-corrected chi connectivity index (χ2v) is 15.9. The van der Waals surface area contributed by atoms with Crippen molar-refractivity contribution in [2.45, 2.75) is 97.5 Å². The molecule has 0 saturated heterocycles. The molecule has 4 saturated carbocycles. The third-order valence-electron chi connectivity index (χ3n) is 10.8. The van der Waals surface area contributed by atoms with E-state index in [4.69, 9.17) is 8.37 Å². The van der Waals surface area contributed by atoms with Crippen molar-refractivity contribution in [3.8, 4) is 0 Å². The van der Waals surface area contributed by atoms with Crippen molar-refractivity contribution < 1.29 is 25.2 Å². The molecule has 0 amide bonds. The first-order valence-corrected chi connectivity index (χ1v) is 17.1. The fraction of sp³-hybridized carbons (Fsp3) is 1.00. The fourth-order valence-electron chi connectivity index (χ4n) is 9.36. The van der Waals surface area contributed by atoms with E-state index in [2.05, 4.69) is 20.8 Å². The van der Waals surface area contributed by atoms with E-state index in [1.54, 1.807) is 0 Å². The van der Waals surface area contributed by atoms with Crippen LogP contribution in [0.5, 0.6) is 0 Å². The van der Waals surface area contributed by atoms with E-state index in [9.17, 15) is 16.8 Å². The van der Waals surface area contributed by atoms with Gasteiger partial charge in [-0.05, 0) is 98.7 Å². The summed E-state index contributed by atoms with van der Waals surface area (Å²) in [5.41, 5.74) is 0.146. The maximum absolute atomic E-state index is 12.4. The first-order chi connectivity index (χ1) is 15.8. The first-order valence-electron chi connectivity index (χ1n) is 13.5. The molecule has 0 aromatic carbocycles. The Balaban J connectivity index is 1.58. The topological polar surface area (TPSA) is 86.7 Å². The largest absolute Gasteiger partial charge is 0.270 e. The van der Waals surface area contributed by atoms with Gasteiger partial charge in [-0.1, -0.05) is 33.6 Å². The standard InChI is InChI=1S/C26H46O6S2/c1-18(9-8-16-31-33(4,27)28)21-13-14-22-20-12-11-19-10-6-7-15-25(19,2)23(20)17-24(26(21,22)3)32-34(5,29)30/h18-24H,6-17H2,1-5H3/t18-,19+,20-,21+,22-,23-,24-,25-,26+/m0/s1. The molecule has 4 fully saturated rings. The van der Waals surface area contributed by atoms with Gasteiger partial charge in [0.15, 0.2) is 0 Å². The number of hydrogen-bond acceptors (Lipinski definition) is 6. The van der Waals surface area contributed by atoms with Gasteiger partial charge in [0.1, 0.15) is 0 Å². The quantitative estimate of drug-likeness (QED) is 0.317. The Morgan fingerprint density at radius 1 is 0.912 bits per heavy atom. The highest BCUT2D eigenvalue weighted by Gasteiger charge is 2.64. The van der Waals surface area contributed by atoms with E-state index in [1.165, 1.54) is 44.8 Å². The van der Waals surface area contributed by atoms with Crippen molar-refractivity contribution in [3.05, 3.63) is 0 Å². The monoisotopic (exact) mass is 518 g/mol. The lowest BCUT2D eigenvalue weighted by Gasteiger charge is -2.62. The molecule has 198 valence electrons. The summed E-state index contributed by atoms with van der Waals surface area (Å²) in [5, 5.41) is 0. The van der Waals surface area contributed by atoms with Gasteiger partial charge in [0.05, 0.1) is 25.2 Å². The van der Waals surface area contributed by atoms with E-state index in [1.807, 2.05) is 0 Å². The van der Waals surface area contributed by atoms with Gasteiger partial charge < -0.3 is 0 Å². The van der Waals surface area contributed by atoms with E-state index >= 15 is 0 Å². The summed E-state index contributed by atoms with van der Waals surface area (Å²) in [5.74, 6) is 3.22. The Morgan fingerprint density at radius 2 is 1.65 bits per heavy atom. The SMILES string of the molecule is C[C@@H](CCCOS(C)(=O)=O)[C@H]1CC[C@H]2[C@@H]3CC[C@H]4CCCC[C@]4(C)[C@H]3C[C@H](OS(C)(=O)=O)[C@]12C. The molecule has 0 radical (unpaired) electrons. The smallest absolute Gasteiger partial charge is 0.264 e. The van der Waals surface area contributed by atoms with Crippen LogP contribution in [-0.2, 0) is 28.6 Å². The molecule has 34 heavy (non-hydrogen) atoms. The molecule has 4 rings (SSSR count). The average Bonchev–Trinajstić information content (AvgIpc) is 3.08. The zero-order chi connectivity index (χ0) is 24.9. The number of hydrogen-bond donors (Lipinski definition) is 0.